The molecule has 1 aromatic heterocycles. The van der Waals surface area contributed by atoms with Crippen molar-refractivity contribution in [2.24, 2.45) is 4.99 Å². The Labute approximate surface area is 177 Å². The van der Waals surface area contributed by atoms with Crippen LogP contribution in [0.4, 0.5) is 0 Å². The number of rotatable bonds is 5. The molecule has 0 radical (unpaired) electrons. The SMILES string of the molecule is CCN1CCC[C@H]1CN=Cc1c(O)n(-c2cccc(C)c2C)c(=O)c2ccccc12. The van der Waals surface area contributed by atoms with Gasteiger partial charge in [0, 0.05) is 23.0 Å². The summed E-state index contributed by atoms with van der Waals surface area (Å²) < 4.78 is 1.42. The first-order chi connectivity index (χ1) is 14.5. The molecule has 1 N–H and O–H groups in total. The van der Waals surface area contributed by atoms with Gasteiger partial charge < -0.3 is 5.11 Å². The molecule has 2 aromatic carbocycles. The van der Waals surface area contributed by atoms with Gasteiger partial charge in [0.15, 0.2) is 0 Å². The van der Waals surface area contributed by atoms with Gasteiger partial charge in [0.25, 0.3) is 5.56 Å². The molecule has 0 spiro atoms. The van der Waals surface area contributed by atoms with Gasteiger partial charge in [-0.05, 0) is 63.0 Å². The molecule has 0 bridgehead atoms. The Balaban J connectivity index is 1.84. The van der Waals surface area contributed by atoms with Crippen LogP contribution in [0, 0.1) is 13.8 Å². The number of likely N-dealkylation sites (tertiary alicyclic amines) is 1. The highest BCUT2D eigenvalue weighted by Gasteiger charge is 2.22. The van der Waals surface area contributed by atoms with Crippen molar-refractivity contribution >= 4 is 17.0 Å². The van der Waals surface area contributed by atoms with E-state index in [0.717, 1.165) is 36.0 Å². The van der Waals surface area contributed by atoms with E-state index in [0.29, 0.717) is 29.2 Å². The summed E-state index contributed by atoms with van der Waals surface area (Å²) in [6.45, 7) is 9.02. The highest BCUT2D eigenvalue weighted by Crippen LogP contribution is 2.28. The standard InChI is InChI=1S/C25H29N3O2/c1-4-27-14-8-10-19(27)15-26-16-22-20-11-5-6-12-21(20)24(29)28(25(22)30)23-13-7-9-17(2)18(23)3/h5-7,9,11-13,16,19,30H,4,8,10,14-15H2,1-3H3/t19-/m0/s1. The molecule has 0 aliphatic carbocycles. The normalized spacial score (nSPS) is 17.4. The predicted molar refractivity (Wildman–Crippen MR) is 123 cm³/mol. The van der Waals surface area contributed by atoms with Crippen molar-refractivity contribution in [2.45, 2.75) is 39.7 Å². The van der Waals surface area contributed by atoms with Crippen molar-refractivity contribution in [3.63, 3.8) is 0 Å². The first kappa shape index (κ1) is 20.4. The van der Waals surface area contributed by atoms with Gasteiger partial charge in [0.05, 0.1) is 17.8 Å². The van der Waals surface area contributed by atoms with E-state index < -0.39 is 0 Å². The van der Waals surface area contributed by atoms with Crippen LogP contribution in [0.2, 0.25) is 0 Å². The number of likely N-dealkylation sites (N-methyl/N-ethyl adjacent to an activating group) is 1. The molecule has 4 rings (SSSR count). The Morgan fingerprint density at radius 2 is 1.90 bits per heavy atom. The second-order valence-corrected chi connectivity index (χ2v) is 8.06. The van der Waals surface area contributed by atoms with Crippen LogP contribution < -0.4 is 5.56 Å². The van der Waals surface area contributed by atoms with E-state index in [1.165, 1.54) is 11.0 Å². The van der Waals surface area contributed by atoms with Crippen molar-refractivity contribution in [2.75, 3.05) is 19.6 Å². The first-order valence-electron chi connectivity index (χ1n) is 10.7. The lowest BCUT2D eigenvalue weighted by atomic mass is 10.0. The Morgan fingerprint density at radius 3 is 2.67 bits per heavy atom. The lowest BCUT2D eigenvalue weighted by Crippen LogP contribution is -2.31. The summed E-state index contributed by atoms with van der Waals surface area (Å²) in [5, 5.41) is 12.5. The number of hydrogen-bond acceptors (Lipinski definition) is 4. The van der Waals surface area contributed by atoms with Gasteiger partial charge in [-0.3, -0.25) is 14.7 Å². The maximum absolute atomic E-state index is 13.3. The van der Waals surface area contributed by atoms with Gasteiger partial charge in [-0.25, -0.2) is 4.57 Å². The van der Waals surface area contributed by atoms with E-state index in [-0.39, 0.29) is 11.4 Å². The van der Waals surface area contributed by atoms with Crippen LogP contribution in [-0.2, 0) is 0 Å². The Hall–Kier alpha value is -2.92. The number of aryl methyl sites for hydroxylation is 1. The number of hydrogen-bond donors (Lipinski definition) is 1. The van der Waals surface area contributed by atoms with Gasteiger partial charge in [-0.1, -0.05) is 37.3 Å². The minimum Gasteiger partial charge on any atom is -0.494 e. The number of aliphatic imine (C=N–C) groups is 1. The Bertz CT molecular complexity index is 1160. The van der Waals surface area contributed by atoms with E-state index in [1.54, 1.807) is 6.21 Å². The largest absolute Gasteiger partial charge is 0.494 e. The molecule has 0 amide bonds. The van der Waals surface area contributed by atoms with Crippen molar-refractivity contribution in [3.8, 4) is 11.6 Å². The molecule has 156 valence electrons. The topological polar surface area (TPSA) is 57.8 Å². The van der Waals surface area contributed by atoms with Crippen LogP contribution in [0.15, 0.2) is 52.3 Å². The summed E-state index contributed by atoms with van der Waals surface area (Å²) in [6, 6.07) is 13.7. The third kappa shape index (κ3) is 3.54. The van der Waals surface area contributed by atoms with Gasteiger partial charge in [0.2, 0.25) is 5.88 Å². The lowest BCUT2D eigenvalue weighted by Gasteiger charge is -2.20. The minimum absolute atomic E-state index is 0.0603. The average molecular weight is 404 g/mol. The van der Waals surface area contributed by atoms with Crippen LogP contribution in [-0.4, -0.2) is 46.5 Å². The molecule has 30 heavy (non-hydrogen) atoms. The third-order valence-corrected chi connectivity index (χ3v) is 6.36. The molecule has 0 unspecified atom stereocenters. The number of benzene rings is 2. The Morgan fingerprint density at radius 1 is 1.13 bits per heavy atom. The molecule has 5 heteroatoms. The lowest BCUT2D eigenvalue weighted by molar-refractivity contribution is 0.273. The van der Waals surface area contributed by atoms with Gasteiger partial charge in [0.1, 0.15) is 0 Å². The summed E-state index contributed by atoms with van der Waals surface area (Å²) in [4.78, 5) is 20.4. The van der Waals surface area contributed by atoms with E-state index >= 15 is 0 Å². The fourth-order valence-electron chi connectivity index (χ4n) is 4.47. The van der Waals surface area contributed by atoms with Gasteiger partial charge in [-0.2, -0.15) is 0 Å². The highest BCUT2D eigenvalue weighted by atomic mass is 16.3. The first-order valence-corrected chi connectivity index (χ1v) is 10.7. The molecule has 0 saturated carbocycles. The van der Waals surface area contributed by atoms with E-state index in [2.05, 4.69) is 11.8 Å². The highest BCUT2D eigenvalue weighted by molar-refractivity contribution is 6.01. The third-order valence-electron chi connectivity index (χ3n) is 6.36. The van der Waals surface area contributed by atoms with Crippen LogP contribution in [0.3, 0.4) is 0 Å². The molecular formula is C25H29N3O2. The van der Waals surface area contributed by atoms with Crippen LogP contribution in [0.5, 0.6) is 5.88 Å². The summed E-state index contributed by atoms with van der Waals surface area (Å²) in [5.74, 6) is -0.0603. The quantitative estimate of drug-likeness (QED) is 0.649. The number of aromatic hydroxyl groups is 1. The number of aromatic nitrogens is 1. The summed E-state index contributed by atoms with van der Waals surface area (Å²) >= 11 is 0. The van der Waals surface area contributed by atoms with Gasteiger partial charge >= 0.3 is 0 Å². The Kier molecular flexibility index (Phi) is 5.73. The minimum atomic E-state index is -0.220. The number of nitrogens with zero attached hydrogens (tertiary/aromatic N) is 3. The fraction of sp³-hybridized carbons (Fsp3) is 0.360. The van der Waals surface area contributed by atoms with Crippen molar-refractivity contribution in [1.82, 2.24) is 9.47 Å². The monoisotopic (exact) mass is 403 g/mol. The zero-order valence-corrected chi connectivity index (χ0v) is 17.9. The number of pyridine rings is 1. The second kappa shape index (κ2) is 8.44. The predicted octanol–water partition coefficient (Wildman–Crippen LogP) is 4.22. The molecule has 1 aliphatic heterocycles. The van der Waals surface area contributed by atoms with Crippen molar-refractivity contribution in [1.29, 1.82) is 0 Å². The molecular weight excluding hydrogens is 374 g/mol. The van der Waals surface area contributed by atoms with Crippen molar-refractivity contribution < 1.29 is 5.11 Å². The van der Waals surface area contributed by atoms with E-state index in [1.807, 2.05) is 56.3 Å². The molecule has 3 aromatic rings. The summed E-state index contributed by atoms with van der Waals surface area (Å²) in [7, 11) is 0. The van der Waals surface area contributed by atoms with Crippen LogP contribution in [0.25, 0.3) is 16.5 Å². The molecule has 5 nitrogen and oxygen atoms in total. The summed E-state index contributed by atoms with van der Waals surface area (Å²) in [5.41, 5.74) is 3.11. The van der Waals surface area contributed by atoms with Crippen LogP contribution >= 0.6 is 0 Å². The molecule has 1 aliphatic rings. The molecule has 1 saturated heterocycles. The smallest absolute Gasteiger partial charge is 0.265 e. The fourth-order valence-corrected chi connectivity index (χ4v) is 4.47. The van der Waals surface area contributed by atoms with E-state index in [4.69, 9.17) is 4.99 Å². The molecule has 2 heterocycles. The van der Waals surface area contributed by atoms with Crippen LogP contribution in [0.1, 0.15) is 36.5 Å². The molecule has 1 atom stereocenters. The maximum Gasteiger partial charge on any atom is 0.265 e. The maximum atomic E-state index is 13.3. The zero-order chi connectivity index (χ0) is 21.3. The summed E-state index contributed by atoms with van der Waals surface area (Å²) in [6.07, 6.45) is 4.10. The number of fused-ring (bicyclic) bond motifs is 1. The molecule has 1 fully saturated rings. The second-order valence-electron chi connectivity index (χ2n) is 8.06. The van der Waals surface area contributed by atoms with Gasteiger partial charge in [-0.15, -0.1) is 0 Å². The van der Waals surface area contributed by atoms with E-state index in [9.17, 15) is 9.90 Å². The average Bonchev–Trinajstić information content (AvgIpc) is 3.21. The zero-order valence-electron chi connectivity index (χ0n) is 17.9. The van der Waals surface area contributed by atoms with Crippen molar-refractivity contribution in [3.05, 3.63) is 69.5 Å².